The van der Waals surface area contributed by atoms with Crippen LogP contribution in [0.4, 0.5) is 5.69 Å². The average Bonchev–Trinajstić information content (AvgIpc) is 3.15. The number of hydrogen-bond donors (Lipinski definition) is 1. The number of hydrogen-bond acceptors (Lipinski definition) is 6. The highest BCUT2D eigenvalue weighted by atomic mass is 35.5. The van der Waals surface area contributed by atoms with Crippen molar-refractivity contribution in [2.24, 2.45) is 7.05 Å². The SMILES string of the molecule is CCC(Nc1cccnc1Cl)c1nc(-c2ccn(C)n2)no1. The molecule has 3 rings (SSSR count). The summed E-state index contributed by atoms with van der Waals surface area (Å²) < 4.78 is 7.05. The number of nitrogens with zero attached hydrogens (tertiary/aromatic N) is 5. The highest BCUT2D eigenvalue weighted by molar-refractivity contribution is 6.31. The van der Waals surface area contributed by atoms with Crippen LogP contribution in [0.25, 0.3) is 11.5 Å². The Bertz CT molecular complexity index is 768. The maximum absolute atomic E-state index is 6.06. The summed E-state index contributed by atoms with van der Waals surface area (Å²) in [7, 11) is 1.84. The van der Waals surface area contributed by atoms with Gasteiger partial charge in [0.1, 0.15) is 11.7 Å². The Balaban J connectivity index is 1.82. The number of pyridine rings is 1. The molecule has 114 valence electrons. The molecular weight excluding hydrogens is 304 g/mol. The maximum atomic E-state index is 6.06. The number of nitrogens with one attached hydrogen (secondary N) is 1. The molecule has 0 bridgehead atoms. The highest BCUT2D eigenvalue weighted by Gasteiger charge is 2.19. The second kappa shape index (κ2) is 6.15. The maximum Gasteiger partial charge on any atom is 0.249 e. The molecule has 0 aromatic carbocycles. The Morgan fingerprint density at radius 1 is 1.41 bits per heavy atom. The molecule has 0 saturated carbocycles. The predicted molar refractivity (Wildman–Crippen MR) is 82.4 cm³/mol. The predicted octanol–water partition coefficient (Wildman–Crippen LogP) is 3.08. The van der Waals surface area contributed by atoms with Gasteiger partial charge in [-0.3, -0.25) is 4.68 Å². The minimum absolute atomic E-state index is 0.147. The first-order valence-corrected chi connectivity index (χ1v) is 7.26. The summed E-state index contributed by atoms with van der Waals surface area (Å²) in [5.74, 6) is 0.955. The van der Waals surface area contributed by atoms with Crippen LogP contribution in [-0.4, -0.2) is 24.9 Å². The van der Waals surface area contributed by atoms with Gasteiger partial charge in [0, 0.05) is 19.4 Å². The van der Waals surface area contributed by atoms with Crippen molar-refractivity contribution in [3.8, 4) is 11.5 Å². The van der Waals surface area contributed by atoms with E-state index in [0.717, 1.165) is 12.1 Å². The van der Waals surface area contributed by atoms with Gasteiger partial charge in [-0.1, -0.05) is 23.7 Å². The van der Waals surface area contributed by atoms with Crippen LogP contribution in [0.15, 0.2) is 35.1 Å². The van der Waals surface area contributed by atoms with Crippen molar-refractivity contribution < 1.29 is 4.52 Å². The largest absolute Gasteiger partial charge is 0.371 e. The number of anilines is 1. The Hall–Kier alpha value is -2.41. The van der Waals surface area contributed by atoms with Crippen LogP contribution >= 0.6 is 11.6 Å². The third kappa shape index (κ3) is 2.94. The number of aromatic nitrogens is 5. The highest BCUT2D eigenvalue weighted by Crippen LogP contribution is 2.26. The van der Waals surface area contributed by atoms with Crippen molar-refractivity contribution in [2.45, 2.75) is 19.4 Å². The van der Waals surface area contributed by atoms with Gasteiger partial charge in [-0.2, -0.15) is 10.1 Å². The molecule has 0 aliphatic heterocycles. The minimum Gasteiger partial charge on any atom is -0.371 e. The molecule has 22 heavy (non-hydrogen) atoms. The summed E-state index contributed by atoms with van der Waals surface area (Å²) in [6.45, 7) is 2.02. The van der Waals surface area contributed by atoms with Crippen LogP contribution < -0.4 is 5.32 Å². The van der Waals surface area contributed by atoms with Gasteiger partial charge >= 0.3 is 0 Å². The van der Waals surface area contributed by atoms with Crippen LogP contribution in [0.1, 0.15) is 25.3 Å². The van der Waals surface area contributed by atoms with Crippen molar-refractivity contribution >= 4 is 17.3 Å². The summed E-state index contributed by atoms with van der Waals surface area (Å²) >= 11 is 6.06. The standard InChI is InChI=1S/C14H15ClN6O/c1-3-9(17-10-5-4-7-16-12(10)15)14-18-13(20-22-14)11-6-8-21(2)19-11/h4-9,17H,3H2,1-2H3. The van der Waals surface area contributed by atoms with E-state index in [1.54, 1.807) is 10.9 Å². The monoisotopic (exact) mass is 318 g/mol. The molecule has 7 nitrogen and oxygen atoms in total. The van der Waals surface area contributed by atoms with Gasteiger partial charge in [0.15, 0.2) is 5.15 Å². The van der Waals surface area contributed by atoms with Crippen molar-refractivity contribution in [3.05, 3.63) is 41.6 Å². The van der Waals surface area contributed by atoms with Gasteiger partial charge in [0.2, 0.25) is 11.7 Å². The lowest BCUT2D eigenvalue weighted by molar-refractivity contribution is 0.359. The summed E-state index contributed by atoms with van der Waals surface area (Å²) in [6.07, 6.45) is 4.23. The molecule has 3 aromatic heterocycles. The summed E-state index contributed by atoms with van der Waals surface area (Å²) in [5, 5.41) is 11.9. The molecule has 3 heterocycles. The van der Waals surface area contributed by atoms with E-state index in [1.807, 2.05) is 38.4 Å². The molecule has 1 unspecified atom stereocenters. The number of halogens is 1. The fraction of sp³-hybridized carbons (Fsp3) is 0.286. The zero-order chi connectivity index (χ0) is 15.5. The number of rotatable bonds is 5. The second-order valence-corrected chi connectivity index (χ2v) is 5.14. The lowest BCUT2D eigenvalue weighted by atomic mass is 10.2. The third-order valence-electron chi connectivity index (χ3n) is 3.18. The quantitative estimate of drug-likeness (QED) is 0.728. The van der Waals surface area contributed by atoms with E-state index in [9.17, 15) is 0 Å². The summed E-state index contributed by atoms with van der Waals surface area (Å²) in [4.78, 5) is 8.45. The molecular formula is C14H15ClN6O. The van der Waals surface area contributed by atoms with Gasteiger partial charge in [-0.25, -0.2) is 4.98 Å². The average molecular weight is 319 g/mol. The van der Waals surface area contributed by atoms with E-state index in [4.69, 9.17) is 16.1 Å². The van der Waals surface area contributed by atoms with Crippen LogP contribution in [0.5, 0.6) is 0 Å². The van der Waals surface area contributed by atoms with Crippen LogP contribution in [0, 0.1) is 0 Å². The Labute approximate surface area is 132 Å². The summed E-state index contributed by atoms with van der Waals surface area (Å²) in [6, 6.07) is 5.36. The summed E-state index contributed by atoms with van der Waals surface area (Å²) in [5.41, 5.74) is 1.40. The minimum atomic E-state index is -0.147. The van der Waals surface area contributed by atoms with Crippen molar-refractivity contribution in [1.82, 2.24) is 24.9 Å². The zero-order valence-corrected chi connectivity index (χ0v) is 12.9. The Morgan fingerprint density at radius 3 is 2.95 bits per heavy atom. The van der Waals surface area contributed by atoms with Crippen molar-refractivity contribution in [1.29, 1.82) is 0 Å². The lowest BCUT2D eigenvalue weighted by Crippen LogP contribution is -2.10. The fourth-order valence-corrected chi connectivity index (χ4v) is 2.21. The molecule has 0 aliphatic rings. The van der Waals surface area contributed by atoms with Crippen molar-refractivity contribution in [3.63, 3.8) is 0 Å². The van der Waals surface area contributed by atoms with E-state index in [2.05, 4.69) is 25.5 Å². The molecule has 0 radical (unpaired) electrons. The van der Waals surface area contributed by atoms with Crippen LogP contribution in [-0.2, 0) is 7.05 Å². The van der Waals surface area contributed by atoms with Gasteiger partial charge in [-0.15, -0.1) is 0 Å². The van der Waals surface area contributed by atoms with Gasteiger partial charge < -0.3 is 9.84 Å². The first kappa shape index (κ1) is 14.5. The molecule has 8 heteroatoms. The van der Waals surface area contributed by atoms with Gasteiger partial charge in [-0.05, 0) is 24.6 Å². The van der Waals surface area contributed by atoms with Gasteiger partial charge in [0.05, 0.1) is 5.69 Å². The molecule has 0 saturated heterocycles. The first-order valence-electron chi connectivity index (χ1n) is 6.88. The molecule has 0 spiro atoms. The molecule has 1 atom stereocenters. The van der Waals surface area contributed by atoms with Crippen LogP contribution in [0.2, 0.25) is 5.15 Å². The smallest absolute Gasteiger partial charge is 0.249 e. The molecule has 0 fully saturated rings. The van der Waals surface area contributed by atoms with E-state index in [-0.39, 0.29) is 6.04 Å². The van der Waals surface area contributed by atoms with E-state index >= 15 is 0 Å². The normalized spacial score (nSPS) is 12.3. The van der Waals surface area contributed by atoms with Gasteiger partial charge in [0.25, 0.3) is 0 Å². The first-order chi connectivity index (χ1) is 10.7. The third-order valence-corrected chi connectivity index (χ3v) is 3.48. The van der Waals surface area contributed by atoms with Crippen molar-refractivity contribution in [2.75, 3.05) is 5.32 Å². The molecule has 0 aliphatic carbocycles. The van der Waals surface area contributed by atoms with E-state index < -0.39 is 0 Å². The Morgan fingerprint density at radius 2 is 2.27 bits per heavy atom. The Kier molecular flexibility index (Phi) is 4.06. The number of aryl methyl sites for hydroxylation is 1. The molecule has 3 aromatic rings. The fourth-order valence-electron chi connectivity index (χ4n) is 2.03. The molecule has 1 N–H and O–H groups in total. The lowest BCUT2D eigenvalue weighted by Gasteiger charge is -2.14. The second-order valence-electron chi connectivity index (χ2n) is 4.78. The zero-order valence-electron chi connectivity index (χ0n) is 12.2. The van der Waals surface area contributed by atoms with E-state index in [1.165, 1.54) is 0 Å². The van der Waals surface area contributed by atoms with Crippen LogP contribution in [0.3, 0.4) is 0 Å². The topological polar surface area (TPSA) is 81.7 Å². The van der Waals surface area contributed by atoms with E-state index in [0.29, 0.717) is 22.6 Å². The molecule has 0 amide bonds.